The first-order valence-electron chi connectivity index (χ1n) is 9.09. The Hall–Kier alpha value is -2.43. The topological polar surface area (TPSA) is 100.0 Å². The highest BCUT2D eigenvalue weighted by atomic mass is 32.2. The van der Waals surface area contributed by atoms with E-state index in [4.69, 9.17) is 4.74 Å². The van der Waals surface area contributed by atoms with Crippen molar-refractivity contribution in [3.63, 3.8) is 0 Å². The predicted octanol–water partition coefficient (Wildman–Crippen LogP) is 0.950. The summed E-state index contributed by atoms with van der Waals surface area (Å²) in [5.74, 6) is 0.568. The van der Waals surface area contributed by atoms with Crippen molar-refractivity contribution in [1.82, 2.24) is 29.6 Å². The molecular weight excluding hydrogens is 380 g/mol. The van der Waals surface area contributed by atoms with Crippen LogP contribution in [0.25, 0.3) is 11.4 Å². The number of tetrazole rings is 1. The van der Waals surface area contributed by atoms with Crippen LogP contribution >= 0.6 is 11.8 Å². The third-order valence-corrected chi connectivity index (χ3v) is 6.09. The van der Waals surface area contributed by atoms with E-state index in [-0.39, 0.29) is 11.5 Å². The molecule has 1 aliphatic heterocycles. The minimum atomic E-state index is -0.504. The Bertz CT molecular complexity index is 1010. The van der Waals surface area contributed by atoms with E-state index in [1.54, 1.807) is 9.36 Å². The highest BCUT2D eigenvalue weighted by Crippen LogP contribution is 2.24. The molecule has 2 aromatic heterocycles. The lowest BCUT2D eigenvalue weighted by atomic mass is 10.0. The van der Waals surface area contributed by atoms with Crippen molar-refractivity contribution in [3.8, 4) is 11.4 Å². The zero-order valence-corrected chi connectivity index (χ0v) is 16.5. The molecule has 28 heavy (non-hydrogen) atoms. The molecule has 4 rings (SSSR count). The smallest absolute Gasteiger partial charge is 0.297 e. The number of aromatic nitrogens is 6. The molecule has 9 nitrogen and oxygen atoms in total. The van der Waals surface area contributed by atoms with Gasteiger partial charge in [-0.2, -0.15) is 4.68 Å². The Morgan fingerprint density at radius 1 is 1.36 bits per heavy atom. The van der Waals surface area contributed by atoms with Gasteiger partial charge >= 0.3 is 0 Å². The number of para-hydroxylation sites is 1. The van der Waals surface area contributed by atoms with Crippen LogP contribution in [0.4, 0.5) is 0 Å². The van der Waals surface area contributed by atoms with E-state index in [9.17, 15) is 9.90 Å². The molecule has 1 aliphatic rings. The summed E-state index contributed by atoms with van der Waals surface area (Å²) in [6, 6.07) is 9.42. The lowest BCUT2D eigenvalue weighted by Crippen LogP contribution is -2.24. The molecule has 0 radical (unpaired) electrons. The standard InChI is InChI=1S/C18H22N6O3S/c1-12-16(17(26)24(22(12)2)14-6-4-3-5-7-14)23-18(19-20-21-23)28-11-15(25)13-8-9-27-10-13/h3-7,13,15,25H,8-11H2,1-2H3. The summed E-state index contributed by atoms with van der Waals surface area (Å²) in [5, 5.41) is 22.7. The summed E-state index contributed by atoms with van der Waals surface area (Å²) in [7, 11) is 1.83. The molecule has 10 heteroatoms. The zero-order chi connectivity index (χ0) is 19.7. The highest BCUT2D eigenvalue weighted by Gasteiger charge is 2.26. The van der Waals surface area contributed by atoms with Crippen molar-refractivity contribution < 1.29 is 9.84 Å². The van der Waals surface area contributed by atoms with E-state index in [1.807, 2.05) is 44.3 Å². The monoisotopic (exact) mass is 402 g/mol. The summed E-state index contributed by atoms with van der Waals surface area (Å²) < 4.78 is 10.2. The number of hydrogen-bond acceptors (Lipinski definition) is 7. The average Bonchev–Trinajstić information content (AvgIpc) is 3.43. The van der Waals surface area contributed by atoms with Gasteiger partial charge in [0.15, 0.2) is 5.69 Å². The molecule has 0 saturated carbocycles. The van der Waals surface area contributed by atoms with Gasteiger partial charge in [-0.1, -0.05) is 30.0 Å². The molecule has 0 spiro atoms. The summed E-state index contributed by atoms with van der Waals surface area (Å²) >= 11 is 1.34. The van der Waals surface area contributed by atoms with Gasteiger partial charge in [-0.15, -0.1) is 5.10 Å². The van der Waals surface area contributed by atoms with Gasteiger partial charge in [0.05, 0.1) is 24.1 Å². The van der Waals surface area contributed by atoms with Crippen LogP contribution in [0, 0.1) is 12.8 Å². The second-order valence-electron chi connectivity index (χ2n) is 6.79. The molecule has 2 unspecified atom stereocenters. The maximum absolute atomic E-state index is 13.2. The maximum atomic E-state index is 13.2. The van der Waals surface area contributed by atoms with Gasteiger partial charge < -0.3 is 9.84 Å². The molecule has 0 amide bonds. The van der Waals surface area contributed by atoms with E-state index in [0.717, 1.165) is 17.8 Å². The summed E-state index contributed by atoms with van der Waals surface area (Å²) in [6.07, 6.45) is 0.349. The quantitative estimate of drug-likeness (QED) is 0.613. The molecule has 3 aromatic rings. The van der Waals surface area contributed by atoms with Gasteiger partial charge in [0.25, 0.3) is 5.56 Å². The van der Waals surface area contributed by atoms with Crippen molar-refractivity contribution in [1.29, 1.82) is 0 Å². The molecule has 3 heterocycles. The van der Waals surface area contributed by atoms with Crippen LogP contribution in [0.15, 0.2) is 40.3 Å². The van der Waals surface area contributed by atoms with Gasteiger partial charge in [-0.3, -0.25) is 9.48 Å². The van der Waals surface area contributed by atoms with Gasteiger partial charge in [-0.25, -0.2) is 4.68 Å². The Morgan fingerprint density at radius 2 is 2.14 bits per heavy atom. The second-order valence-corrected chi connectivity index (χ2v) is 7.77. The van der Waals surface area contributed by atoms with Gasteiger partial charge in [0, 0.05) is 25.3 Å². The van der Waals surface area contributed by atoms with Gasteiger partial charge in [0.1, 0.15) is 0 Å². The van der Waals surface area contributed by atoms with Crippen molar-refractivity contribution >= 4 is 11.8 Å². The average molecular weight is 402 g/mol. The minimum absolute atomic E-state index is 0.130. The number of aliphatic hydroxyl groups is 1. The second kappa shape index (κ2) is 7.90. The first-order chi connectivity index (χ1) is 13.6. The fourth-order valence-electron chi connectivity index (χ4n) is 3.36. The Kier molecular flexibility index (Phi) is 5.33. The number of aliphatic hydroxyl groups excluding tert-OH is 1. The summed E-state index contributed by atoms with van der Waals surface area (Å²) in [4.78, 5) is 13.2. The van der Waals surface area contributed by atoms with E-state index in [0.29, 0.717) is 29.8 Å². The molecule has 1 N–H and O–H groups in total. The zero-order valence-electron chi connectivity index (χ0n) is 15.7. The number of thioether (sulfide) groups is 1. The van der Waals surface area contributed by atoms with Crippen molar-refractivity contribution in [2.45, 2.75) is 24.6 Å². The Balaban J connectivity index is 1.64. The third kappa shape index (κ3) is 3.38. The van der Waals surface area contributed by atoms with Crippen LogP contribution in [-0.4, -0.2) is 59.7 Å². The molecular formula is C18H22N6O3S. The minimum Gasteiger partial charge on any atom is -0.392 e. The van der Waals surface area contributed by atoms with Gasteiger partial charge in [0.2, 0.25) is 5.16 Å². The molecule has 1 saturated heterocycles. The summed E-state index contributed by atoms with van der Waals surface area (Å²) in [5.41, 5.74) is 1.71. The largest absolute Gasteiger partial charge is 0.392 e. The lowest BCUT2D eigenvalue weighted by molar-refractivity contribution is 0.109. The molecule has 0 bridgehead atoms. The lowest BCUT2D eigenvalue weighted by Gasteiger charge is -2.15. The van der Waals surface area contributed by atoms with E-state index in [2.05, 4.69) is 15.5 Å². The number of nitrogens with zero attached hydrogens (tertiary/aromatic N) is 6. The van der Waals surface area contributed by atoms with Crippen molar-refractivity contribution in [2.75, 3.05) is 19.0 Å². The molecule has 1 fully saturated rings. The summed E-state index contributed by atoms with van der Waals surface area (Å²) in [6.45, 7) is 3.12. The van der Waals surface area contributed by atoms with E-state index in [1.165, 1.54) is 16.4 Å². The van der Waals surface area contributed by atoms with Crippen LogP contribution in [-0.2, 0) is 11.8 Å². The maximum Gasteiger partial charge on any atom is 0.297 e. The van der Waals surface area contributed by atoms with Crippen LogP contribution in [0.2, 0.25) is 0 Å². The number of benzene rings is 1. The number of hydrogen-bond donors (Lipinski definition) is 1. The van der Waals surface area contributed by atoms with Crippen LogP contribution in [0.3, 0.4) is 0 Å². The molecule has 0 aliphatic carbocycles. The third-order valence-electron chi connectivity index (χ3n) is 5.07. The fourth-order valence-corrected chi connectivity index (χ4v) is 4.30. The van der Waals surface area contributed by atoms with E-state index < -0.39 is 6.10 Å². The SMILES string of the molecule is Cc1c(-n2nnnc2SCC(O)C2CCOC2)c(=O)n(-c2ccccc2)n1C. The first kappa shape index (κ1) is 18.9. The molecule has 2 atom stereocenters. The Labute approximate surface area is 165 Å². The van der Waals surface area contributed by atoms with Gasteiger partial charge in [-0.05, 0) is 35.9 Å². The van der Waals surface area contributed by atoms with Crippen LogP contribution in [0.5, 0.6) is 0 Å². The number of ether oxygens (including phenoxy) is 1. The first-order valence-corrected chi connectivity index (χ1v) is 10.1. The normalized spacial score (nSPS) is 17.9. The fraction of sp³-hybridized carbons (Fsp3) is 0.444. The van der Waals surface area contributed by atoms with E-state index >= 15 is 0 Å². The van der Waals surface area contributed by atoms with Crippen molar-refractivity contribution in [3.05, 3.63) is 46.4 Å². The highest BCUT2D eigenvalue weighted by molar-refractivity contribution is 7.99. The molecule has 148 valence electrons. The molecule has 1 aromatic carbocycles. The van der Waals surface area contributed by atoms with Crippen LogP contribution < -0.4 is 5.56 Å². The van der Waals surface area contributed by atoms with Crippen LogP contribution in [0.1, 0.15) is 12.1 Å². The number of rotatable bonds is 6. The Morgan fingerprint density at radius 3 is 2.86 bits per heavy atom. The predicted molar refractivity (Wildman–Crippen MR) is 104 cm³/mol. The van der Waals surface area contributed by atoms with Crippen molar-refractivity contribution in [2.24, 2.45) is 13.0 Å².